The number of aromatic amines is 1. The molecule has 0 aliphatic carbocycles. The van der Waals surface area contributed by atoms with E-state index < -0.39 is 0 Å². The van der Waals surface area contributed by atoms with Gasteiger partial charge in [0.2, 0.25) is 5.95 Å². The molecule has 1 fully saturated rings. The van der Waals surface area contributed by atoms with Gasteiger partial charge >= 0.3 is 0 Å². The van der Waals surface area contributed by atoms with Crippen LogP contribution in [0.15, 0.2) is 36.7 Å². The lowest BCUT2D eigenvalue weighted by Gasteiger charge is -2.28. The van der Waals surface area contributed by atoms with Gasteiger partial charge in [-0.05, 0) is 18.2 Å². The molecule has 8 heteroatoms. The van der Waals surface area contributed by atoms with E-state index in [1.807, 2.05) is 24.4 Å². The first-order valence-corrected chi connectivity index (χ1v) is 8.48. The third kappa shape index (κ3) is 2.51. The summed E-state index contributed by atoms with van der Waals surface area (Å²) in [6.07, 6.45) is 3.65. The van der Waals surface area contributed by atoms with Gasteiger partial charge in [0.25, 0.3) is 0 Å². The molecule has 0 radical (unpaired) electrons. The molecule has 1 aliphatic heterocycles. The first-order valence-electron chi connectivity index (χ1n) is 8.48. The first-order chi connectivity index (χ1) is 12.8. The molecule has 0 amide bonds. The molecule has 26 heavy (non-hydrogen) atoms. The van der Waals surface area contributed by atoms with Crippen LogP contribution >= 0.6 is 0 Å². The summed E-state index contributed by atoms with van der Waals surface area (Å²) in [7, 11) is 0. The fourth-order valence-corrected chi connectivity index (χ4v) is 3.26. The number of hydrogen-bond acceptors (Lipinski definition) is 7. The number of aromatic nitrogens is 5. The first kappa shape index (κ1) is 15.0. The van der Waals surface area contributed by atoms with Crippen molar-refractivity contribution in [3.63, 3.8) is 0 Å². The Morgan fingerprint density at radius 3 is 2.85 bits per heavy atom. The number of hydrogen-bond donors (Lipinski definition) is 2. The second-order valence-electron chi connectivity index (χ2n) is 6.21. The van der Waals surface area contributed by atoms with Gasteiger partial charge in [-0.25, -0.2) is 9.97 Å². The van der Waals surface area contributed by atoms with Gasteiger partial charge in [-0.3, -0.25) is 0 Å². The predicted molar refractivity (Wildman–Crippen MR) is 99.9 cm³/mol. The number of morpholine rings is 1. The summed E-state index contributed by atoms with van der Waals surface area (Å²) in [5, 5.41) is 1.13. The monoisotopic (exact) mass is 347 g/mol. The van der Waals surface area contributed by atoms with Crippen LogP contribution in [0.3, 0.4) is 0 Å². The lowest BCUT2D eigenvalue weighted by Crippen LogP contribution is -2.37. The smallest absolute Gasteiger partial charge is 0.224 e. The van der Waals surface area contributed by atoms with Crippen molar-refractivity contribution in [2.45, 2.75) is 0 Å². The van der Waals surface area contributed by atoms with Gasteiger partial charge < -0.3 is 20.4 Å². The number of H-pyrrole nitrogens is 1. The van der Waals surface area contributed by atoms with Crippen LogP contribution in [0, 0.1) is 0 Å². The molecule has 0 saturated carbocycles. The molecule has 3 aromatic heterocycles. The summed E-state index contributed by atoms with van der Waals surface area (Å²) < 4.78 is 5.43. The van der Waals surface area contributed by atoms with Gasteiger partial charge in [-0.15, -0.1) is 0 Å². The maximum atomic E-state index is 5.88. The SMILES string of the molecule is Nc1nc(N2CCOCC2)c2nc(-c3ccc4[nH]ccc4c3)cnc2n1. The minimum absolute atomic E-state index is 0.204. The van der Waals surface area contributed by atoms with Gasteiger partial charge in [0.1, 0.15) is 0 Å². The molecule has 0 unspecified atom stereocenters. The van der Waals surface area contributed by atoms with Gasteiger partial charge in [0.15, 0.2) is 17.0 Å². The minimum Gasteiger partial charge on any atom is -0.378 e. The van der Waals surface area contributed by atoms with Crippen LogP contribution in [-0.2, 0) is 4.74 Å². The number of anilines is 2. The normalized spacial score (nSPS) is 15.0. The second-order valence-corrected chi connectivity index (χ2v) is 6.21. The summed E-state index contributed by atoms with van der Waals surface area (Å²) >= 11 is 0. The Bertz CT molecular complexity index is 1100. The zero-order valence-corrected chi connectivity index (χ0v) is 14.0. The highest BCUT2D eigenvalue weighted by molar-refractivity contribution is 5.88. The van der Waals surface area contributed by atoms with Crippen molar-refractivity contribution >= 4 is 33.8 Å². The van der Waals surface area contributed by atoms with Crippen molar-refractivity contribution in [1.29, 1.82) is 0 Å². The second kappa shape index (κ2) is 5.92. The number of benzene rings is 1. The van der Waals surface area contributed by atoms with E-state index in [0.29, 0.717) is 30.2 Å². The van der Waals surface area contributed by atoms with Crippen LogP contribution in [0.2, 0.25) is 0 Å². The molecule has 0 spiro atoms. The summed E-state index contributed by atoms with van der Waals surface area (Å²) in [6, 6.07) is 8.20. The van der Waals surface area contributed by atoms with E-state index in [2.05, 4.69) is 30.9 Å². The highest BCUT2D eigenvalue weighted by Gasteiger charge is 2.19. The molecular weight excluding hydrogens is 330 g/mol. The highest BCUT2D eigenvalue weighted by atomic mass is 16.5. The Morgan fingerprint density at radius 2 is 1.96 bits per heavy atom. The lowest BCUT2D eigenvalue weighted by atomic mass is 10.1. The minimum atomic E-state index is 0.204. The standard InChI is InChI=1S/C18H17N7O/c19-18-23-16-15(17(24-18)25-5-7-26-8-6-25)22-14(10-21-16)11-1-2-13-12(9-11)3-4-20-13/h1-4,9-10,20H,5-8H2,(H2,19,21,23,24). The Kier molecular flexibility index (Phi) is 3.42. The maximum absolute atomic E-state index is 5.88. The molecule has 0 bridgehead atoms. The molecular formula is C18H17N7O. The van der Waals surface area contributed by atoms with Crippen molar-refractivity contribution in [2.24, 2.45) is 0 Å². The predicted octanol–water partition coefficient (Wildman–Crippen LogP) is 1.99. The number of ether oxygens (including phenoxy) is 1. The molecule has 5 rings (SSSR count). The average Bonchev–Trinajstić information content (AvgIpc) is 3.15. The number of nitrogen functional groups attached to an aromatic ring is 1. The van der Waals surface area contributed by atoms with E-state index in [0.717, 1.165) is 35.2 Å². The van der Waals surface area contributed by atoms with E-state index >= 15 is 0 Å². The number of rotatable bonds is 2. The van der Waals surface area contributed by atoms with Crippen LogP contribution in [0.5, 0.6) is 0 Å². The van der Waals surface area contributed by atoms with Crippen LogP contribution < -0.4 is 10.6 Å². The van der Waals surface area contributed by atoms with Gasteiger partial charge in [0, 0.05) is 35.8 Å². The van der Waals surface area contributed by atoms with Crippen LogP contribution in [0.1, 0.15) is 0 Å². The highest BCUT2D eigenvalue weighted by Crippen LogP contribution is 2.27. The van der Waals surface area contributed by atoms with Crippen molar-refractivity contribution < 1.29 is 4.74 Å². The zero-order chi connectivity index (χ0) is 17.5. The summed E-state index contributed by atoms with van der Waals surface area (Å²) in [5.74, 6) is 0.919. The van der Waals surface area contributed by atoms with Crippen molar-refractivity contribution in [2.75, 3.05) is 36.9 Å². The average molecular weight is 347 g/mol. The number of nitrogens with zero attached hydrogens (tertiary/aromatic N) is 5. The lowest BCUT2D eigenvalue weighted by molar-refractivity contribution is 0.122. The molecule has 4 aromatic rings. The quantitative estimate of drug-likeness (QED) is 0.571. The van der Waals surface area contributed by atoms with Crippen molar-refractivity contribution in [3.8, 4) is 11.3 Å². The Hall–Kier alpha value is -3.26. The molecule has 1 aromatic carbocycles. The van der Waals surface area contributed by atoms with Crippen LogP contribution in [0.4, 0.5) is 11.8 Å². The molecule has 0 atom stereocenters. The number of fused-ring (bicyclic) bond motifs is 2. The topological polar surface area (TPSA) is 106 Å². The van der Waals surface area contributed by atoms with E-state index in [-0.39, 0.29) is 5.95 Å². The molecule has 1 saturated heterocycles. The largest absolute Gasteiger partial charge is 0.378 e. The van der Waals surface area contributed by atoms with Gasteiger partial charge in [-0.1, -0.05) is 6.07 Å². The van der Waals surface area contributed by atoms with E-state index in [9.17, 15) is 0 Å². The molecule has 4 heterocycles. The number of nitrogens with one attached hydrogen (secondary N) is 1. The third-order valence-corrected chi connectivity index (χ3v) is 4.57. The van der Waals surface area contributed by atoms with Gasteiger partial charge in [0.05, 0.1) is 25.1 Å². The summed E-state index contributed by atoms with van der Waals surface area (Å²) in [5.41, 5.74) is 9.91. The third-order valence-electron chi connectivity index (χ3n) is 4.57. The fourth-order valence-electron chi connectivity index (χ4n) is 3.26. The molecule has 3 N–H and O–H groups in total. The molecule has 8 nitrogen and oxygen atoms in total. The van der Waals surface area contributed by atoms with Crippen LogP contribution in [0.25, 0.3) is 33.3 Å². The van der Waals surface area contributed by atoms with Crippen LogP contribution in [-0.4, -0.2) is 51.2 Å². The number of nitrogens with two attached hydrogens (primary N) is 1. The van der Waals surface area contributed by atoms with Crippen molar-refractivity contribution in [1.82, 2.24) is 24.9 Å². The fraction of sp³-hybridized carbons (Fsp3) is 0.222. The van der Waals surface area contributed by atoms with Crippen molar-refractivity contribution in [3.05, 3.63) is 36.7 Å². The molecule has 130 valence electrons. The van der Waals surface area contributed by atoms with E-state index in [1.54, 1.807) is 6.20 Å². The molecule has 1 aliphatic rings. The summed E-state index contributed by atoms with van der Waals surface area (Å²) in [6.45, 7) is 2.80. The Labute approximate surface area is 149 Å². The van der Waals surface area contributed by atoms with E-state index in [1.165, 1.54) is 0 Å². The Morgan fingerprint density at radius 1 is 1.08 bits per heavy atom. The summed E-state index contributed by atoms with van der Waals surface area (Å²) in [4.78, 5) is 23.3. The van der Waals surface area contributed by atoms with Gasteiger partial charge in [-0.2, -0.15) is 9.97 Å². The maximum Gasteiger partial charge on any atom is 0.224 e. The van der Waals surface area contributed by atoms with E-state index in [4.69, 9.17) is 15.5 Å². The Balaban J connectivity index is 1.66. The zero-order valence-electron chi connectivity index (χ0n) is 14.0.